The van der Waals surface area contributed by atoms with Crippen LogP contribution in [0, 0.1) is 6.92 Å². The molecule has 0 aliphatic rings. The average Bonchev–Trinajstić information content (AvgIpc) is 3.64. The van der Waals surface area contributed by atoms with Crippen LogP contribution >= 0.6 is 0 Å². The Hall–Kier alpha value is -6.26. The SMILES string of the molecule is [2H]C(C)(C)c1cc(-c2ccc(-n3c(-c4cc(C(C)C)cc(C(C)C)c4O)nc4c(-c5cc(-c6cc(-c7ccccc7)ccn6)cc(C(C)(C)C)c5)cccc43)c(C)c2)cc(C([2H])(C)C)c1. The molecule has 0 saturated heterocycles. The molecule has 320 valence electrons. The van der Waals surface area contributed by atoms with Crippen LogP contribution in [0.5, 0.6) is 5.75 Å². The minimum Gasteiger partial charge on any atom is -0.507 e. The number of aryl methyl sites for hydroxylation is 1. The van der Waals surface area contributed by atoms with Crippen LogP contribution in [0.15, 0.2) is 134 Å². The van der Waals surface area contributed by atoms with Crippen LogP contribution < -0.4 is 0 Å². The molecule has 63 heavy (non-hydrogen) atoms. The van der Waals surface area contributed by atoms with E-state index >= 15 is 0 Å². The molecular weight excluding hydrogens is 767 g/mol. The molecule has 4 nitrogen and oxygen atoms in total. The Kier molecular flexibility index (Phi) is 11.1. The van der Waals surface area contributed by atoms with Crippen molar-refractivity contribution >= 4 is 11.0 Å². The maximum Gasteiger partial charge on any atom is 0.149 e. The Balaban J connectivity index is 1.39. The molecule has 0 saturated carbocycles. The van der Waals surface area contributed by atoms with Crippen LogP contribution in [0.1, 0.15) is 136 Å². The molecule has 0 atom stereocenters. The summed E-state index contributed by atoms with van der Waals surface area (Å²) < 4.78 is 20.0. The van der Waals surface area contributed by atoms with E-state index in [1.165, 1.54) is 5.56 Å². The number of phenolic OH excluding ortho intramolecular Hbond substituents is 1. The number of hydrogen-bond acceptors (Lipinski definition) is 3. The first kappa shape index (κ1) is 40.8. The van der Waals surface area contributed by atoms with Crippen molar-refractivity contribution in [2.45, 2.75) is 112 Å². The van der Waals surface area contributed by atoms with Crippen LogP contribution in [0.25, 0.3) is 72.7 Å². The van der Waals surface area contributed by atoms with Crippen molar-refractivity contribution in [1.82, 2.24) is 14.5 Å². The zero-order chi connectivity index (χ0) is 46.7. The number of aromatic hydroxyl groups is 1. The normalized spacial score (nSPS) is 12.9. The number of para-hydroxylation sites is 1. The molecule has 0 spiro atoms. The quantitative estimate of drug-likeness (QED) is 0.149. The van der Waals surface area contributed by atoms with Crippen molar-refractivity contribution < 1.29 is 7.85 Å². The third-order valence-electron chi connectivity index (χ3n) is 12.5. The lowest BCUT2D eigenvalue weighted by atomic mass is 9.83. The Morgan fingerprint density at radius 3 is 1.89 bits per heavy atom. The van der Waals surface area contributed by atoms with Gasteiger partial charge in [0.25, 0.3) is 0 Å². The summed E-state index contributed by atoms with van der Waals surface area (Å²) in [4.78, 5) is 10.5. The number of imidazole rings is 1. The van der Waals surface area contributed by atoms with Gasteiger partial charge in [0.2, 0.25) is 0 Å². The molecule has 0 bridgehead atoms. The number of aromatic nitrogens is 3. The summed E-state index contributed by atoms with van der Waals surface area (Å²) >= 11 is 0. The van der Waals surface area contributed by atoms with Gasteiger partial charge in [0.1, 0.15) is 11.6 Å². The van der Waals surface area contributed by atoms with E-state index in [-0.39, 0.29) is 23.0 Å². The van der Waals surface area contributed by atoms with Gasteiger partial charge in [0.05, 0.1) is 28.0 Å². The maximum absolute atomic E-state index is 12.2. The van der Waals surface area contributed by atoms with Gasteiger partial charge in [0, 0.05) is 20.1 Å². The Morgan fingerprint density at radius 2 is 1.25 bits per heavy atom. The second kappa shape index (κ2) is 17.1. The molecule has 0 amide bonds. The van der Waals surface area contributed by atoms with Gasteiger partial charge in [-0.1, -0.05) is 155 Å². The molecule has 0 radical (unpaired) electrons. The van der Waals surface area contributed by atoms with Crippen molar-refractivity contribution in [3.63, 3.8) is 0 Å². The zero-order valence-electron chi connectivity index (χ0n) is 41.1. The lowest BCUT2D eigenvalue weighted by molar-refractivity contribution is 0.466. The first-order chi connectivity index (χ1) is 30.6. The Labute approximate surface area is 378 Å². The van der Waals surface area contributed by atoms with Crippen LogP contribution in [0.2, 0.25) is 0 Å². The van der Waals surface area contributed by atoms with Gasteiger partial charge >= 0.3 is 0 Å². The molecule has 6 aromatic carbocycles. The van der Waals surface area contributed by atoms with Gasteiger partial charge in [-0.05, 0) is 146 Å². The van der Waals surface area contributed by atoms with E-state index in [1.807, 2.05) is 46.0 Å². The highest BCUT2D eigenvalue weighted by Crippen LogP contribution is 2.44. The second-order valence-electron chi connectivity index (χ2n) is 19.4. The molecule has 1 N–H and O–H groups in total. The fourth-order valence-electron chi connectivity index (χ4n) is 8.60. The van der Waals surface area contributed by atoms with Crippen molar-refractivity contribution in [2.24, 2.45) is 0 Å². The fourth-order valence-corrected chi connectivity index (χ4v) is 8.60. The smallest absolute Gasteiger partial charge is 0.149 e. The van der Waals surface area contributed by atoms with E-state index in [4.69, 9.17) is 12.7 Å². The van der Waals surface area contributed by atoms with Crippen LogP contribution in [0.4, 0.5) is 0 Å². The summed E-state index contributed by atoms with van der Waals surface area (Å²) in [6.07, 6.45) is 1.90. The van der Waals surface area contributed by atoms with Gasteiger partial charge in [-0.25, -0.2) is 4.98 Å². The van der Waals surface area contributed by atoms with Crippen molar-refractivity contribution in [1.29, 1.82) is 0 Å². The first-order valence-electron chi connectivity index (χ1n) is 23.4. The third-order valence-corrected chi connectivity index (χ3v) is 12.5. The first-order valence-corrected chi connectivity index (χ1v) is 22.4. The molecule has 2 heterocycles. The maximum atomic E-state index is 12.2. The Morgan fingerprint density at radius 1 is 0.571 bits per heavy atom. The monoisotopic (exact) mass is 832 g/mol. The number of hydrogen-bond donors (Lipinski definition) is 1. The van der Waals surface area contributed by atoms with Crippen LogP contribution in [0.3, 0.4) is 0 Å². The summed E-state index contributed by atoms with van der Waals surface area (Å²) in [5, 5.41) is 12.2. The van der Waals surface area contributed by atoms with Crippen LogP contribution in [-0.2, 0) is 5.41 Å². The van der Waals surface area contributed by atoms with E-state index in [0.717, 1.165) is 89.2 Å². The topological polar surface area (TPSA) is 50.9 Å². The standard InChI is InChI=1S/C59H63N3O/c1-35(2)43-26-44(36(3)4)28-46(27-43)41-21-22-54(39(9)25-41)62-55-20-16-19-50(56(55)61-58(62)52-33-45(37(5)6)32-51(38(7)8)57(52)63)47-29-48(31-49(30-47)59(10,11)12)53-34-42(23-24-60-53)40-17-14-13-15-18-40/h13-38,63H,1-12H3/i35D,36D. The summed E-state index contributed by atoms with van der Waals surface area (Å²) in [7, 11) is 0. The number of benzene rings is 6. The summed E-state index contributed by atoms with van der Waals surface area (Å²) in [6.45, 7) is 25.1. The van der Waals surface area contributed by atoms with Gasteiger partial charge < -0.3 is 5.11 Å². The van der Waals surface area contributed by atoms with E-state index in [0.29, 0.717) is 11.4 Å². The summed E-state index contributed by atoms with van der Waals surface area (Å²) in [6, 6.07) is 44.9. The molecule has 0 aliphatic heterocycles. The molecule has 8 aromatic rings. The highest BCUT2D eigenvalue weighted by atomic mass is 16.3. The summed E-state index contributed by atoms with van der Waals surface area (Å²) in [5.74, 6) is -0.409. The highest BCUT2D eigenvalue weighted by Gasteiger charge is 2.25. The summed E-state index contributed by atoms with van der Waals surface area (Å²) in [5.41, 5.74) is 17.5. The van der Waals surface area contributed by atoms with Crippen LogP contribution in [-0.4, -0.2) is 19.6 Å². The molecule has 0 aliphatic carbocycles. The van der Waals surface area contributed by atoms with E-state index in [1.54, 1.807) is 0 Å². The molecule has 8 rings (SSSR count). The lowest BCUT2D eigenvalue weighted by Crippen LogP contribution is -2.11. The predicted molar refractivity (Wildman–Crippen MR) is 268 cm³/mol. The van der Waals surface area contributed by atoms with E-state index in [9.17, 15) is 5.11 Å². The van der Waals surface area contributed by atoms with Crippen molar-refractivity contribution in [3.05, 3.63) is 167 Å². The van der Waals surface area contributed by atoms with Crippen molar-refractivity contribution in [3.8, 4) is 67.5 Å². The largest absolute Gasteiger partial charge is 0.507 e. The lowest BCUT2D eigenvalue weighted by Gasteiger charge is -2.22. The molecular formula is C59H63N3O. The van der Waals surface area contributed by atoms with E-state index in [2.05, 4.69) is 175 Å². The molecule has 4 heteroatoms. The number of phenols is 1. The Bertz CT molecular complexity index is 3030. The third kappa shape index (κ3) is 8.61. The van der Waals surface area contributed by atoms with Gasteiger partial charge in [-0.3, -0.25) is 9.55 Å². The second-order valence-corrected chi connectivity index (χ2v) is 19.4. The molecule has 0 unspecified atom stereocenters. The number of fused-ring (bicyclic) bond motifs is 1. The number of nitrogens with zero attached hydrogens (tertiary/aromatic N) is 3. The number of rotatable bonds is 10. The van der Waals surface area contributed by atoms with E-state index < -0.39 is 11.8 Å². The van der Waals surface area contributed by atoms with Gasteiger partial charge in [-0.2, -0.15) is 0 Å². The molecule has 0 fully saturated rings. The predicted octanol–water partition coefficient (Wildman–Crippen LogP) is 16.6. The fraction of sp³-hybridized carbons (Fsp3) is 0.288. The van der Waals surface area contributed by atoms with Crippen molar-refractivity contribution in [2.75, 3.05) is 0 Å². The minimum atomic E-state index is -0.829. The average molecular weight is 832 g/mol. The zero-order valence-corrected chi connectivity index (χ0v) is 39.1. The van der Waals surface area contributed by atoms with Gasteiger partial charge in [0.15, 0.2) is 0 Å². The highest BCUT2D eigenvalue weighted by molar-refractivity contribution is 5.97. The molecule has 2 aromatic heterocycles. The minimum absolute atomic E-state index is 0.0949. The van der Waals surface area contributed by atoms with Gasteiger partial charge in [-0.15, -0.1) is 0 Å². The number of pyridine rings is 1.